The molecule has 2 fully saturated rings. The van der Waals surface area contributed by atoms with Gasteiger partial charge in [-0.1, -0.05) is 6.42 Å². The second-order valence-corrected chi connectivity index (χ2v) is 7.58. The largest absolute Gasteiger partial charge is 0.466 e. The number of thioether (sulfide) groups is 2. The first-order valence-corrected chi connectivity index (χ1v) is 8.22. The average Bonchev–Trinajstić information content (AvgIpc) is 2.87. The maximum Gasteiger partial charge on any atom is 0.302 e. The molecule has 92 valence electrons. The Balaban J connectivity index is 1.75. The highest BCUT2D eigenvalue weighted by Crippen LogP contribution is 2.42. The molecule has 2 atom stereocenters. The van der Waals surface area contributed by atoms with Crippen LogP contribution in [0.5, 0.6) is 0 Å². The smallest absolute Gasteiger partial charge is 0.302 e. The molecule has 2 aliphatic rings. The highest BCUT2D eigenvalue weighted by Gasteiger charge is 2.31. The van der Waals surface area contributed by atoms with E-state index in [1.54, 1.807) is 0 Å². The summed E-state index contributed by atoms with van der Waals surface area (Å²) < 4.78 is 5.98. The molecule has 16 heavy (non-hydrogen) atoms. The first-order valence-electron chi connectivity index (χ1n) is 6.12. The maximum atomic E-state index is 10.8. The van der Waals surface area contributed by atoms with Crippen molar-refractivity contribution in [3.05, 3.63) is 0 Å². The molecular formula is C12H20O2S2. The number of hydrogen-bond acceptors (Lipinski definition) is 4. The van der Waals surface area contributed by atoms with Crippen LogP contribution in [0.2, 0.25) is 0 Å². The Bertz CT molecular complexity index is 239. The van der Waals surface area contributed by atoms with Crippen molar-refractivity contribution in [3.8, 4) is 0 Å². The predicted molar refractivity (Wildman–Crippen MR) is 70.8 cm³/mol. The molecule has 0 radical (unpaired) electrons. The van der Waals surface area contributed by atoms with Gasteiger partial charge < -0.3 is 4.74 Å². The zero-order chi connectivity index (χ0) is 11.4. The van der Waals surface area contributed by atoms with Crippen molar-refractivity contribution >= 4 is 29.5 Å². The van der Waals surface area contributed by atoms with Crippen LogP contribution >= 0.6 is 23.5 Å². The molecule has 0 bridgehead atoms. The summed E-state index contributed by atoms with van der Waals surface area (Å²) in [6, 6.07) is 0. The first kappa shape index (κ1) is 12.6. The Morgan fingerprint density at radius 3 is 2.62 bits per heavy atom. The highest BCUT2D eigenvalue weighted by molar-refractivity contribution is 8.20. The van der Waals surface area contributed by atoms with Gasteiger partial charge in [-0.3, -0.25) is 4.79 Å². The lowest BCUT2D eigenvalue weighted by Gasteiger charge is -2.21. The average molecular weight is 260 g/mol. The van der Waals surface area contributed by atoms with Crippen LogP contribution in [0.4, 0.5) is 0 Å². The minimum atomic E-state index is -0.129. The van der Waals surface area contributed by atoms with Gasteiger partial charge in [0.15, 0.2) is 0 Å². The minimum Gasteiger partial charge on any atom is -0.466 e. The van der Waals surface area contributed by atoms with E-state index in [9.17, 15) is 4.79 Å². The van der Waals surface area contributed by atoms with Crippen molar-refractivity contribution in [2.24, 2.45) is 11.8 Å². The van der Waals surface area contributed by atoms with E-state index >= 15 is 0 Å². The molecule has 0 spiro atoms. The summed E-state index contributed by atoms with van der Waals surface area (Å²) in [6.45, 7) is 2.16. The zero-order valence-corrected chi connectivity index (χ0v) is 11.4. The molecule has 1 saturated carbocycles. The summed E-state index contributed by atoms with van der Waals surface area (Å²) in [4.78, 5) is 10.8. The second kappa shape index (κ2) is 6.20. The zero-order valence-electron chi connectivity index (χ0n) is 9.81. The Labute approximate surface area is 106 Å². The van der Waals surface area contributed by atoms with Gasteiger partial charge in [-0.15, -0.1) is 23.5 Å². The van der Waals surface area contributed by atoms with Crippen LogP contribution in [0.15, 0.2) is 0 Å². The maximum absolute atomic E-state index is 10.8. The van der Waals surface area contributed by atoms with Crippen LogP contribution in [0, 0.1) is 11.8 Å². The fourth-order valence-electron chi connectivity index (χ4n) is 2.66. The van der Waals surface area contributed by atoms with E-state index in [-0.39, 0.29) is 5.97 Å². The molecule has 0 N–H and O–H groups in total. The summed E-state index contributed by atoms with van der Waals surface area (Å²) in [5, 5.41) is 0. The van der Waals surface area contributed by atoms with Crippen molar-refractivity contribution in [1.29, 1.82) is 0 Å². The topological polar surface area (TPSA) is 26.3 Å². The summed E-state index contributed by atoms with van der Waals surface area (Å²) in [5.74, 6) is 3.93. The standard InChI is InChI=1S/C12H20O2S2/c1-9(13)14-8-11-4-2-3-10(11)7-12-15-5-6-16-12/h10-12H,2-8H2,1H3/t10-,11+/m0/s1. The minimum absolute atomic E-state index is 0.129. The molecule has 4 heteroatoms. The fraction of sp³-hybridized carbons (Fsp3) is 0.917. The summed E-state index contributed by atoms with van der Waals surface area (Å²) in [5.41, 5.74) is 0. The first-order chi connectivity index (χ1) is 7.75. The molecule has 0 aromatic carbocycles. The van der Waals surface area contributed by atoms with E-state index in [4.69, 9.17) is 4.74 Å². The van der Waals surface area contributed by atoms with Crippen LogP contribution in [-0.4, -0.2) is 28.7 Å². The Morgan fingerprint density at radius 2 is 1.94 bits per heavy atom. The van der Waals surface area contributed by atoms with Gasteiger partial charge in [-0.25, -0.2) is 0 Å². The summed E-state index contributed by atoms with van der Waals surface area (Å²) >= 11 is 4.22. The summed E-state index contributed by atoms with van der Waals surface area (Å²) in [6.07, 6.45) is 5.23. The predicted octanol–water partition coefficient (Wildman–Crippen LogP) is 3.16. The van der Waals surface area contributed by atoms with E-state index in [1.807, 2.05) is 0 Å². The van der Waals surface area contributed by atoms with Gasteiger partial charge in [0.2, 0.25) is 0 Å². The second-order valence-electron chi connectivity index (χ2n) is 4.66. The van der Waals surface area contributed by atoms with Gasteiger partial charge in [-0.05, 0) is 31.1 Å². The van der Waals surface area contributed by atoms with Gasteiger partial charge in [0.1, 0.15) is 0 Å². The van der Waals surface area contributed by atoms with E-state index in [1.165, 1.54) is 44.1 Å². The molecule has 0 aromatic rings. The van der Waals surface area contributed by atoms with E-state index in [0.717, 1.165) is 10.5 Å². The lowest BCUT2D eigenvalue weighted by Crippen LogP contribution is -2.18. The van der Waals surface area contributed by atoms with Crippen LogP contribution < -0.4 is 0 Å². The molecule has 0 unspecified atom stereocenters. The number of rotatable bonds is 4. The Kier molecular flexibility index (Phi) is 4.89. The van der Waals surface area contributed by atoms with Crippen LogP contribution in [0.1, 0.15) is 32.6 Å². The molecule has 2 nitrogen and oxygen atoms in total. The van der Waals surface area contributed by atoms with Gasteiger partial charge in [0, 0.05) is 18.4 Å². The van der Waals surface area contributed by atoms with E-state index in [0.29, 0.717) is 12.5 Å². The van der Waals surface area contributed by atoms with Crippen molar-refractivity contribution in [2.75, 3.05) is 18.1 Å². The summed E-state index contributed by atoms with van der Waals surface area (Å²) in [7, 11) is 0. The molecule has 0 amide bonds. The van der Waals surface area contributed by atoms with Crippen LogP contribution in [0.3, 0.4) is 0 Å². The number of esters is 1. The van der Waals surface area contributed by atoms with Gasteiger partial charge in [0.25, 0.3) is 0 Å². The SMILES string of the molecule is CC(=O)OC[C@H]1CCC[C@H]1CC1SCCS1. The molecule has 1 aliphatic heterocycles. The highest BCUT2D eigenvalue weighted by atomic mass is 32.2. The Morgan fingerprint density at radius 1 is 1.25 bits per heavy atom. The third-order valence-electron chi connectivity index (χ3n) is 3.50. The molecule has 1 aliphatic carbocycles. The fourth-order valence-corrected chi connectivity index (χ4v) is 5.68. The number of carbonyl (C=O) groups excluding carboxylic acids is 1. The molecule has 1 saturated heterocycles. The van der Waals surface area contributed by atoms with Gasteiger partial charge >= 0.3 is 5.97 Å². The number of carbonyl (C=O) groups is 1. The van der Waals surface area contributed by atoms with Crippen LogP contribution in [0.25, 0.3) is 0 Å². The normalized spacial score (nSPS) is 30.8. The lowest BCUT2D eigenvalue weighted by atomic mass is 9.94. The van der Waals surface area contributed by atoms with E-state index < -0.39 is 0 Å². The molecule has 0 aromatic heterocycles. The Hall–Kier alpha value is 0.170. The quantitative estimate of drug-likeness (QED) is 0.725. The van der Waals surface area contributed by atoms with Crippen molar-refractivity contribution < 1.29 is 9.53 Å². The number of hydrogen-bond donors (Lipinski definition) is 0. The lowest BCUT2D eigenvalue weighted by molar-refractivity contribution is -0.142. The molecule has 2 rings (SSSR count). The van der Waals surface area contributed by atoms with Crippen molar-refractivity contribution in [2.45, 2.75) is 37.2 Å². The van der Waals surface area contributed by atoms with Gasteiger partial charge in [0.05, 0.1) is 11.2 Å². The van der Waals surface area contributed by atoms with Crippen molar-refractivity contribution in [1.82, 2.24) is 0 Å². The van der Waals surface area contributed by atoms with Crippen molar-refractivity contribution in [3.63, 3.8) is 0 Å². The molecule has 1 heterocycles. The van der Waals surface area contributed by atoms with Gasteiger partial charge in [-0.2, -0.15) is 0 Å². The van der Waals surface area contributed by atoms with Crippen LogP contribution in [-0.2, 0) is 9.53 Å². The van der Waals surface area contributed by atoms with E-state index in [2.05, 4.69) is 23.5 Å². The third kappa shape index (κ3) is 3.59. The molecular weight excluding hydrogens is 240 g/mol. The third-order valence-corrected chi connectivity index (χ3v) is 6.59. The monoisotopic (exact) mass is 260 g/mol. The number of ether oxygens (including phenoxy) is 1.